The molecule has 0 aromatic heterocycles. The second-order valence-corrected chi connectivity index (χ2v) is 5.44. The standard InChI is InChI=1S/C13H25N7O7/c1-5(22)9(18-13(27)16-2)12(26)17-7(3-8(15)23)11(25)20-19-10(24)6(14)4-21/h5-7,9,21-22H,3-4,14H2,1-2H3,(H2,15,23)(H,17,26)(H,19,24)(H,20,25)(H2,16,18,27). The fraction of sp³-hybridized carbons (Fsp3) is 0.615. The highest BCUT2D eigenvalue weighted by molar-refractivity contribution is 5.95. The van der Waals surface area contributed by atoms with E-state index in [2.05, 4.69) is 16.0 Å². The van der Waals surface area contributed by atoms with E-state index >= 15 is 0 Å². The molecule has 0 aromatic rings. The molecule has 0 aliphatic rings. The van der Waals surface area contributed by atoms with E-state index in [4.69, 9.17) is 16.6 Å². The number of aliphatic hydroxyl groups is 2. The van der Waals surface area contributed by atoms with Crippen molar-refractivity contribution in [3.63, 3.8) is 0 Å². The Hall–Kier alpha value is -2.97. The van der Waals surface area contributed by atoms with Gasteiger partial charge in [0, 0.05) is 7.05 Å². The van der Waals surface area contributed by atoms with Crippen LogP contribution in [-0.4, -0.2) is 77.8 Å². The van der Waals surface area contributed by atoms with Crippen molar-refractivity contribution in [2.45, 2.75) is 37.6 Å². The van der Waals surface area contributed by atoms with Crippen LogP contribution in [0.4, 0.5) is 4.79 Å². The molecular formula is C13H25N7O7. The smallest absolute Gasteiger partial charge is 0.315 e. The maximum absolute atomic E-state index is 12.2. The molecular weight excluding hydrogens is 366 g/mol. The Labute approximate surface area is 154 Å². The Morgan fingerprint density at radius 2 is 1.56 bits per heavy atom. The van der Waals surface area contributed by atoms with Gasteiger partial charge in [-0.15, -0.1) is 0 Å². The number of nitrogens with two attached hydrogens (primary N) is 2. The third kappa shape index (κ3) is 8.80. The molecule has 14 heteroatoms. The summed E-state index contributed by atoms with van der Waals surface area (Å²) in [5, 5.41) is 24.9. The van der Waals surface area contributed by atoms with Crippen LogP contribution in [0.3, 0.4) is 0 Å². The summed E-state index contributed by atoms with van der Waals surface area (Å²) in [4.78, 5) is 58.2. The largest absolute Gasteiger partial charge is 0.394 e. The number of hydrogen-bond donors (Lipinski definition) is 9. The third-order valence-electron chi connectivity index (χ3n) is 3.16. The second kappa shape index (κ2) is 11.6. The summed E-state index contributed by atoms with van der Waals surface area (Å²) in [6.07, 6.45) is -1.96. The molecule has 14 nitrogen and oxygen atoms in total. The number of carbonyl (C=O) groups is 5. The van der Waals surface area contributed by atoms with Crippen molar-refractivity contribution < 1.29 is 34.2 Å². The van der Waals surface area contributed by atoms with Crippen LogP contribution in [0.5, 0.6) is 0 Å². The predicted molar refractivity (Wildman–Crippen MR) is 90.1 cm³/mol. The van der Waals surface area contributed by atoms with Gasteiger partial charge in [0.25, 0.3) is 11.8 Å². The van der Waals surface area contributed by atoms with E-state index in [1.807, 2.05) is 10.9 Å². The summed E-state index contributed by atoms with van der Waals surface area (Å²) in [6.45, 7) is 0.546. The van der Waals surface area contributed by atoms with Crippen LogP contribution in [0.2, 0.25) is 0 Å². The molecule has 0 radical (unpaired) electrons. The lowest BCUT2D eigenvalue weighted by atomic mass is 10.1. The Balaban J connectivity index is 5.08. The molecule has 4 unspecified atom stereocenters. The van der Waals surface area contributed by atoms with Crippen molar-refractivity contribution in [2.24, 2.45) is 11.5 Å². The number of rotatable bonds is 9. The number of aliphatic hydroxyl groups excluding tert-OH is 2. The molecule has 4 atom stereocenters. The van der Waals surface area contributed by atoms with E-state index in [9.17, 15) is 29.1 Å². The zero-order valence-electron chi connectivity index (χ0n) is 14.8. The monoisotopic (exact) mass is 391 g/mol. The van der Waals surface area contributed by atoms with Gasteiger partial charge in [0.05, 0.1) is 19.1 Å². The molecule has 0 spiro atoms. The Bertz CT molecular complexity index is 569. The van der Waals surface area contributed by atoms with Crippen molar-refractivity contribution in [1.29, 1.82) is 0 Å². The van der Waals surface area contributed by atoms with Crippen LogP contribution in [0, 0.1) is 0 Å². The normalized spacial score (nSPS) is 14.7. The SMILES string of the molecule is CNC(=O)NC(C(=O)NC(CC(N)=O)C(=O)NNC(=O)C(N)CO)C(C)O. The lowest BCUT2D eigenvalue weighted by Crippen LogP contribution is -2.60. The third-order valence-corrected chi connectivity index (χ3v) is 3.16. The molecule has 154 valence electrons. The molecule has 0 aromatic carbocycles. The van der Waals surface area contributed by atoms with Crippen LogP contribution in [-0.2, 0) is 19.2 Å². The second-order valence-electron chi connectivity index (χ2n) is 5.44. The average molecular weight is 391 g/mol. The van der Waals surface area contributed by atoms with Gasteiger partial charge >= 0.3 is 6.03 Å². The average Bonchev–Trinajstić information content (AvgIpc) is 2.61. The maximum Gasteiger partial charge on any atom is 0.315 e. The number of amides is 6. The van der Waals surface area contributed by atoms with Gasteiger partial charge in [-0.3, -0.25) is 30.0 Å². The van der Waals surface area contributed by atoms with Gasteiger partial charge in [-0.1, -0.05) is 0 Å². The number of nitrogens with one attached hydrogen (secondary N) is 5. The molecule has 6 amide bonds. The Kier molecular flexibility index (Phi) is 10.3. The van der Waals surface area contributed by atoms with Crippen molar-refractivity contribution in [2.75, 3.05) is 13.7 Å². The maximum atomic E-state index is 12.2. The number of urea groups is 1. The fourth-order valence-electron chi connectivity index (χ4n) is 1.68. The topological polar surface area (TPSA) is 238 Å². The van der Waals surface area contributed by atoms with Gasteiger partial charge in [0.1, 0.15) is 18.1 Å². The predicted octanol–water partition coefficient (Wildman–Crippen LogP) is -5.51. The minimum atomic E-state index is -1.52. The Morgan fingerprint density at radius 1 is 1.00 bits per heavy atom. The number of hydrazine groups is 1. The zero-order chi connectivity index (χ0) is 21.1. The van der Waals surface area contributed by atoms with Crippen LogP contribution >= 0.6 is 0 Å². The van der Waals surface area contributed by atoms with Crippen LogP contribution in [0.25, 0.3) is 0 Å². The van der Waals surface area contributed by atoms with E-state index in [1.54, 1.807) is 0 Å². The Morgan fingerprint density at radius 3 is 2.00 bits per heavy atom. The molecule has 0 rings (SSSR count). The van der Waals surface area contributed by atoms with E-state index in [1.165, 1.54) is 14.0 Å². The van der Waals surface area contributed by atoms with E-state index in [-0.39, 0.29) is 0 Å². The van der Waals surface area contributed by atoms with Crippen molar-refractivity contribution in [3.05, 3.63) is 0 Å². The molecule has 0 aliphatic heterocycles. The highest BCUT2D eigenvalue weighted by Crippen LogP contribution is 1.98. The van der Waals surface area contributed by atoms with Gasteiger partial charge in [-0.2, -0.15) is 0 Å². The molecule has 11 N–H and O–H groups in total. The van der Waals surface area contributed by atoms with Crippen molar-refractivity contribution in [1.82, 2.24) is 26.8 Å². The number of carbonyl (C=O) groups excluding carboxylic acids is 5. The molecule has 0 bridgehead atoms. The summed E-state index contributed by atoms with van der Waals surface area (Å²) in [5.74, 6) is -3.86. The molecule has 0 aliphatic carbocycles. The highest BCUT2D eigenvalue weighted by atomic mass is 16.3. The molecule has 0 saturated carbocycles. The summed E-state index contributed by atoms with van der Waals surface area (Å²) in [7, 11) is 1.29. The highest BCUT2D eigenvalue weighted by Gasteiger charge is 2.30. The van der Waals surface area contributed by atoms with Gasteiger partial charge in [-0.05, 0) is 6.92 Å². The zero-order valence-corrected chi connectivity index (χ0v) is 14.8. The summed E-state index contributed by atoms with van der Waals surface area (Å²) >= 11 is 0. The lowest BCUT2D eigenvalue weighted by Gasteiger charge is -2.24. The van der Waals surface area contributed by atoms with Gasteiger partial charge in [0.2, 0.25) is 11.8 Å². The summed E-state index contributed by atoms with van der Waals surface area (Å²) in [5.41, 5.74) is 14.1. The lowest BCUT2D eigenvalue weighted by molar-refractivity contribution is -0.135. The first-order valence-corrected chi connectivity index (χ1v) is 7.74. The van der Waals surface area contributed by atoms with E-state index in [0.29, 0.717) is 0 Å². The first kappa shape index (κ1) is 24.0. The van der Waals surface area contributed by atoms with Crippen LogP contribution < -0.4 is 38.3 Å². The van der Waals surface area contributed by atoms with Gasteiger partial charge < -0.3 is 37.6 Å². The molecule has 0 heterocycles. The first-order valence-electron chi connectivity index (χ1n) is 7.74. The minimum Gasteiger partial charge on any atom is -0.394 e. The van der Waals surface area contributed by atoms with Crippen molar-refractivity contribution in [3.8, 4) is 0 Å². The fourth-order valence-corrected chi connectivity index (χ4v) is 1.68. The summed E-state index contributed by atoms with van der Waals surface area (Å²) in [6, 6.07) is -5.03. The molecule has 27 heavy (non-hydrogen) atoms. The van der Waals surface area contributed by atoms with Crippen molar-refractivity contribution >= 4 is 29.7 Å². The van der Waals surface area contributed by atoms with E-state index in [0.717, 1.165) is 0 Å². The van der Waals surface area contributed by atoms with E-state index < -0.39 is 66.9 Å². The molecule has 0 saturated heterocycles. The first-order chi connectivity index (χ1) is 12.5. The minimum absolute atomic E-state index is 0.633. The number of primary amides is 1. The molecule has 0 fully saturated rings. The van der Waals surface area contributed by atoms with Gasteiger partial charge in [-0.25, -0.2) is 4.79 Å². The summed E-state index contributed by atoms with van der Waals surface area (Å²) < 4.78 is 0. The van der Waals surface area contributed by atoms with Gasteiger partial charge in [0.15, 0.2) is 0 Å². The number of hydrogen-bond acceptors (Lipinski definition) is 8. The quantitative estimate of drug-likeness (QED) is 0.171. The van der Waals surface area contributed by atoms with Crippen LogP contribution in [0.1, 0.15) is 13.3 Å². The van der Waals surface area contributed by atoms with Crippen LogP contribution in [0.15, 0.2) is 0 Å².